The van der Waals surface area contributed by atoms with Crippen molar-refractivity contribution in [2.45, 2.75) is 57.3 Å². The molecule has 6 rings (SSSR count). The van der Waals surface area contributed by atoms with Crippen LogP contribution in [0.1, 0.15) is 62.8 Å². The number of hydrogen-bond acceptors (Lipinski definition) is 3. The fraction of sp³-hybridized carbons (Fsp3) is 0.591. The molecule has 4 saturated carbocycles. The van der Waals surface area contributed by atoms with Crippen LogP contribution in [0.3, 0.4) is 0 Å². The van der Waals surface area contributed by atoms with E-state index in [4.69, 9.17) is 0 Å². The van der Waals surface area contributed by atoms with Crippen LogP contribution < -0.4 is 16.2 Å². The van der Waals surface area contributed by atoms with Gasteiger partial charge in [0.15, 0.2) is 0 Å². The Labute approximate surface area is 169 Å². The van der Waals surface area contributed by atoms with E-state index in [0.717, 1.165) is 37.0 Å². The maximum Gasteiger partial charge on any atom is 0.246 e. The van der Waals surface area contributed by atoms with Crippen molar-refractivity contribution in [2.24, 2.45) is 23.2 Å². The van der Waals surface area contributed by atoms with E-state index in [0.29, 0.717) is 17.7 Å². The van der Waals surface area contributed by atoms with Crippen molar-refractivity contribution in [1.82, 2.24) is 10.9 Å². The Bertz CT molecular complexity index is 849. The van der Waals surface area contributed by atoms with E-state index in [-0.39, 0.29) is 23.7 Å². The molecule has 3 N–H and O–H groups in total. The first kappa shape index (κ1) is 18.6. The van der Waals surface area contributed by atoms with Crippen molar-refractivity contribution in [3.8, 4) is 0 Å². The van der Waals surface area contributed by atoms with Crippen molar-refractivity contribution < 1.29 is 18.8 Å². The van der Waals surface area contributed by atoms with Crippen molar-refractivity contribution in [3.63, 3.8) is 0 Å². The van der Waals surface area contributed by atoms with Crippen LogP contribution in [0.5, 0.6) is 0 Å². The van der Waals surface area contributed by atoms with Gasteiger partial charge in [-0.3, -0.25) is 25.2 Å². The number of amides is 3. The summed E-state index contributed by atoms with van der Waals surface area (Å²) in [5.74, 6) is 0.103. The second-order valence-electron chi connectivity index (χ2n) is 9.67. The molecule has 1 aromatic rings. The van der Waals surface area contributed by atoms with Crippen LogP contribution in [0, 0.1) is 29.0 Å². The Morgan fingerprint density at radius 2 is 1.72 bits per heavy atom. The summed E-state index contributed by atoms with van der Waals surface area (Å²) < 4.78 is 13.5. The van der Waals surface area contributed by atoms with Crippen molar-refractivity contribution >= 4 is 23.4 Å². The number of nitrogens with one attached hydrogen (secondary N) is 3. The van der Waals surface area contributed by atoms with Gasteiger partial charge in [-0.1, -0.05) is 6.07 Å². The molecule has 1 atom stereocenters. The molecule has 7 heteroatoms. The Balaban J connectivity index is 1.21. The lowest BCUT2D eigenvalue weighted by Crippen LogP contribution is -2.50. The summed E-state index contributed by atoms with van der Waals surface area (Å²) in [7, 11) is 0. The van der Waals surface area contributed by atoms with Gasteiger partial charge in [-0.15, -0.1) is 0 Å². The highest BCUT2D eigenvalue weighted by Crippen LogP contribution is 2.61. The number of halogens is 1. The van der Waals surface area contributed by atoms with E-state index in [9.17, 15) is 18.8 Å². The van der Waals surface area contributed by atoms with Crippen LogP contribution in [-0.4, -0.2) is 17.7 Å². The highest BCUT2D eigenvalue weighted by Gasteiger charge is 2.51. The smallest absolute Gasteiger partial charge is 0.246 e. The van der Waals surface area contributed by atoms with Gasteiger partial charge in [-0.2, -0.15) is 0 Å². The minimum Gasteiger partial charge on any atom is -0.326 e. The predicted molar refractivity (Wildman–Crippen MR) is 104 cm³/mol. The number of fused-ring (bicyclic) bond motifs is 1. The molecule has 4 fully saturated rings. The number of rotatable bonds is 3. The Hall–Kier alpha value is -2.44. The van der Waals surface area contributed by atoms with E-state index in [1.807, 2.05) is 0 Å². The first-order valence-corrected chi connectivity index (χ1v) is 10.6. The van der Waals surface area contributed by atoms with Gasteiger partial charge >= 0.3 is 0 Å². The monoisotopic (exact) mass is 399 g/mol. The number of anilines is 1. The molecule has 3 amide bonds. The third kappa shape index (κ3) is 3.51. The maximum absolute atomic E-state index is 13.5. The first-order chi connectivity index (χ1) is 13.9. The zero-order valence-corrected chi connectivity index (χ0v) is 16.3. The summed E-state index contributed by atoms with van der Waals surface area (Å²) in [5.41, 5.74) is 6.02. The SMILES string of the molecule is O=C(CC12CC3CC(CC(C3)C1)C2)NNC(=O)[C@@H]1CC(=O)Nc2cc(F)ccc21. The van der Waals surface area contributed by atoms with Gasteiger partial charge in [-0.25, -0.2) is 4.39 Å². The summed E-state index contributed by atoms with van der Waals surface area (Å²) in [4.78, 5) is 37.2. The quantitative estimate of drug-likeness (QED) is 0.683. The number of benzene rings is 1. The molecule has 0 radical (unpaired) electrons. The lowest BCUT2D eigenvalue weighted by atomic mass is 9.49. The summed E-state index contributed by atoms with van der Waals surface area (Å²) in [6.07, 6.45) is 7.76. The Morgan fingerprint density at radius 3 is 2.38 bits per heavy atom. The minimum absolute atomic E-state index is 0.0324. The summed E-state index contributed by atoms with van der Waals surface area (Å²) in [6.45, 7) is 0. The Morgan fingerprint density at radius 1 is 1.07 bits per heavy atom. The highest BCUT2D eigenvalue weighted by atomic mass is 19.1. The van der Waals surface area contributed by atoms with E-state index < -0.39 is 17.6 Å². The van der Waals surface area contributed by atoms with Crippen LogP contribution in [0.25, 0.3) is 0 Å². The number of carbonyl (C=O) groups excluding carboxylic acids is 3. The zero-order valence-electron chi connectivity index (χ0n) is 16.3. The third-order valence-corrected chi connectivity index (χ3v) is 7.40. The predicted octanol–water partition coefficient (Wildman–Crippen LogP) is 3.01. The second-order valence-corrected chi connectivity index (χ2v) is 9.67. The average molecular weight is 399 g/mol. The van der Waals surface area contributed by atoms with Crippen molar-refractivity contribution in [1.29, 1.82) is 0 Å². The average Bonchev–Trinajstić information content (AvgIpc) is 2.63. The fourth-order valence-electron chi connectivity index (χ4n) is 6.78. The summed E-state index contributed by atoms with van der Waals surface area (Å²) in [6, 6.07) is 3.98. The van der Waals surface area contributed by atoms with Crippen LogP contribution in [0.2, 0.25) is 0 Å². The largest absolute Gasteiger partial charge is 0.326 e. The molecule has 1 aliphatic heterocycles. The van der Waals surface area contributed by atoms with Gasteiger partial charge in [0, 0.05) is 18.5 Å². The fourth-order valence-corrected chi connectivity index (χ4v) is 6.78. The van der Waals surface area contributed by atoms with E-state index >= 15 is 0 Å². The topological polar surface area (TPSA) is 87.3 Å². The Kier molecular flexibility index (Phi) is 4.37. The highest BCUT2D eigenvalue weighted by molar-refractivity contribution is 6.01. The molecule has 154 valence electrons. The van der Waals surface area contributed by atoms with E-state index in [1.54, 1.807) is 0 Å². The molecule has 1 aromatic carbocycles. The summed E-state index contributed by atoms with van der Waals surface area (Å²) >= 11 is 0. The minimum atomic E-state index is -0.751. The molecule has 0 unspecified atom stereocenters. The second kappa shape index (κ2) is 6.82. The first-order valence-electron chi connectivity index (χ1n) is 10.6. The lowest BCUT2D eigenvalue weighted by Gasteiger charge is -2.56. The van der Waals surface area contributed by atoms with Gasteiger partial charge in [0.05, 0.1) is 5.92 Å². The van der Waals surface area contributed by atoms with E-state index in [2.05, 4.69) is 16.2 Å². The van der Waals surface area contributed by atoms with Crippen LogP contribution >= 0.6 is 0 Å². The zero-order chi connectivity index (χ0) is 20.2. The molecular weight excluding hydrogens is 373 g/mol. The van der Waals surface area contributed by atoms with Crippen LogP contribution in [-0.2, 0) is 14.4 Å². The van der Waals surface area contributed by atoms with E-state index in [1.165, 1.54) is 37.5 Å². The molecule has 0 spiro atoms. The van der Waals surface area contributed by atoms with Gasteiger partial charge < -0.3 is 5.32 Å². The van der Waals surface area contributed by atoms with Crippen LogP contribution in [0.4, 0.5) is 10.1 Å². The molecule has 0 saturated heterocycles. The van der Waals surface area contributed by atoms with Gasteiger partial charge in [0.2, 0.25) is 17.7 Å². The number of hydrazine groups is 1. The molecule has 0 aromatic heterocycles. The van der Waals surface area contributed by atoms with Gasteiger partial charge in [0.25, 0.3) is 0 Å². The van der Waals surface area contributed by atoms with Crippen molar-refractivity contribution in [3.05, 3.63) is 29.6 Å². The molecule has 4 aliphatic carbocycles. The normalized spacial score (nSPS) is 34.3. The van der Waals surface area contributed by atoms with Gasteiger partial charge in [0.1, 0.15) is 5.82 Å². The number of carbonyl (C=O) groups is 3. The molecule has 5 aliphatic rings. The third-order valence-electron chi connectivity index (χ3n) is 7.40. The molecule has 1 heterocycles. The maximum atomic E-state index is 13.5. The molecule has 4 bridgehead atoms. The molecule has 29 heavy (non-hydrogen) atoms. The van der Waals surface area contributed by atoms with Gasteiger partial charge in [-0.05, 0) is 79.4 Å². The van der Waals surface area contributed by atoms with Crippen molar-refractivity contribution in [2.75, 3.05) is 5.32 Å². The standard InChI is InChI=1S/C22H26FN3O3/c23-15-1-2-16-17(7-19(27)24-18(16)6-15)21(29)26-25-20(28)11-22-8-12-3-13(9-22)5-14(4-12)10-22/h1-2,6,12-14,17H,3-5,7-11H2,(H,24,27)(H,25,28)(H,26,29)/t12?,13?,14?,17-,22?/m1/s1. The summed E-state index contributed by atoms with van der Waals surface area (Å²) in [5, 5.41) is 2.59. The van der Waals surface area contributed by atoms with Crippen LogP contribution in [0.15, 0.2) is 18.2 Å². The lowest BCUT2D eigenvalue weighted by molar-refractivity contribution is -0.135. The molecule has 6 nitrogen and oxygen atoms in total. The molecular formula is C22H26FN3O3. The number of hydrogen-bond donors (Lipinski definition) is 3.